The quantitative estimate of drug-likeness (QED) is 0.343. The van der Waals surface area contributed by atoms with E-state index in [1.807, 2.05) is 68.6 Å². The van der Waals surface area contributed by atoms with Gasteiger partial charge >= 0.3 is 5.97 Å². The fourth-order valence-corrected chi connectivity index (χ4v) is 3.57. The van der Waals surface area contributed by atoms with E-state index in [1.165, 1.54) is 0 Å². The number of hydrogen-bond donors (Lipinski definition) is 1. The Morgan fingerprint density at radius 3 is 2.36 bits per heavy atom. The number of nitrogens with zero attached hydrogens (tertiary/aromatic N) is 3. The monoisotopic (exact) mass is 468 g/mol. The van der Waals surface area contributed by atoms with Crippen LogP contribution < -0.4 is 5.32 Å². The van der Waals surface area contributed by atoms with Gasteiger partial charge in [0.05, 0.1) is 18.8 Å². The second-order valence-corrected chi connectivity index (χ2v) is 8.77. The molecule has 0 aliphatic rings. The first-order chi connectivity index (χ1) is 15.8. The number of ether oxygens (including phenoxy) is 1. The largest absolute Gasteiger partial charge is 0.465 e. The normalized spacial score (nSPS) is 11.9. The number of esters is 1. The molecule has 1 aromatic heterocycles. The van der Waals surface area contributed by atoms with E-state index < -0.39 is 11.9 Å². The van der Waals surface area contributed by atoms with Crippen LogP contribution in [0, 0.1) is 11.8 Å². The van der Waals surface area contributed by atoms with Gasteiger partial charge in [-0.2, -0.15) is 0 Å². The highest BCUT2D eigenvalue weighted by Crippen LogP contribution is 2.18. The topological polar surface area (TPSA) is 86.1 Å². The number of nitrogens with one attached hydrogen (secondary N) is 1. The lowest BCUT2D eigenvalue weighted by molar-refractivity contribution is -0.151. The smallest absolute Gasteiger partial charge is 0.318 e. The van der Waals surface area contributed by atoms with Crippen molar-refractivity contribution < 1.29 is 14.3 Å². The summed E-state index contributed by atoms with van der Waals surface area (Å²) in [7, 11) is 0. The molecular formula is C25H29ClN4O3. The van der Waals surface area contributed by atoms with Crippen LogP contribution in [0.3, 0.4) is 0 Å². The van der Waals surface area contributed by atoms with Crippen LogP contribution in [0.4, 0.5) is 5.69 Å². The zero-order valence-corrected chi connectivity index (χ0v) is 19.9. The zero-order chi connectivity index (χ0) is 23.8. The van der Waals surface area contributed by atoms with Crippen molar-refractivity contribution in [1.29, 1.82) is 0 Å². The van der Waals surface area contributed by atoms with Gasteiger partial charge in [0.25, 0.3) is 0 Å². The number of hydrogen-bond acceptors (Lipinski definition) is 5. The number of anilines is 1. The van der Waals surface area contributed by atoms with Crippen molar-refractivity contribution >= 4 is 29.2 Å². The van der Waals surface area contributed by atoms with Crippen molar-refractivity contribution in [2.24, 2.45) is 11.8 Å². The summed E-state index contributed by atoms with van der Waals surface area (Å²) in [5.41, 5.74) is 3.63. The molecule has 0 fully saturated rings. The fraction of sp³-hybridized carbons (Fsp3) is 0.360. The predicted octanol–water partition coefficient (Wildman–Crippen LogP) is 4.73. The molecule has 8 heteroatoms. The first kappa shape index (κ1) is 24.5. The summed E-state index contributed by atoms with van der Waals surface area (Å²) in [5, 5.41) is 12.0. The van der Waals surface area contributed by atoms with Crippen molar-refractivity contribution in [1.82, 2.24) is 15.0 Å². The van der Waals surface area contributed by atoms with Crippen molar-refractivity contribution in [3.05, 3.63) is 76.6 Å². The van der Waals surface area contributed by atoms with Crippen molar-refractivity contribution in [3.8, 4) is 0 Å². The summed E-state index contributed by atoms with van der Waals surface area (Å²) >= 11 is 5.93. The maximum absolute atomic E-state index is 12.7. The van der Waals surface area contributed by atoms with Crippen LogP contribution in [0.2, 0.25) is 5.02 Å². The van der Waals surface area contributed by atoms with Gasteiger partial charge in [0.2, 0.25) is 5.91 Å². The molecule has 1 unspecified atom stereocenters. The fourth-order valence-electron chi connectivity index (χ4n) is 3.44. The molecule has 7 nitrogen and oxygen atoms in total. The molecule has 33 heavy (non-hydrogen) atoms. The highest BCUT2D eigenvalue weighted by Gasteiger charge is 2.28. The molecule has 1 atom stereocenters. The third-order valence-electron chi connectivity index (χ3n) is 5.05. The molecule has 0 aliphatic carbocycles. The number of carbonyl (C=O) groups is 2. The third kappa shape index (κ3) is 7.43. The number of halogens is 1. The van der Waals surface area contributed by atoms with Gasteiger partial charge in [-0.25, -0.2) is 4.68 Å². The summed E-state index contributed by atoms with van der Waals surface area (Å²) in [5.74, 6) is -1.46. The van der Waals surface area contributed by atoms with E-state index in [1.54, 1.807) is 11.6 Å². The number of amides is 1. The lowest BCUT2D eigenvalue weighted by atomic mass is 9.96. The van der Waals surface area contributed by atoms with E-state index in [2.05, 4.69) is 15.6 Å². The summed E-state index contributed by atoms with van der Waals surface area (Å²) in [6.45, 7) is 6.48. The lowest BCUT2D eigenvalue weighted by Gasteiger charge is -2.17. The maximum atomic E-state index is 12.7. The number of aromatic nitrogens is 3. The summed E-state index contributed by atoms with van der Waals surface area (Å²) in [6, 6.07) is 15.1. The van der Waals surface area contributed by atoms with Crippen LogP contribution in [0.1, 0.15) is 44.0 Å². The van der Waals surface area contributed by atoms with Gasteiger partial charge < -0.3 is 10.1 Å². The maximum Gasteiger partial charge on any atom is 0.318 e. The van der Waals surface area contributed by atoms with Crippen molar-refractivity contribution in [3.63, 3.8) is 0 Å². The number of benzene rings is 2. The molecule has 0 saturated carbocycles. The Morgan fingerprint density at radius 2 is 1.73 bits per heavy atom. The summed E-state index contributed by atoms with van der Waals surface area (Å²) in [6.07, 6.45) is 3.04. The highest BCUT2D eigenvalue weighted by molar-refractivity contribution is 6.30. The Kier molecular flexibility index (Phi) is 8.60. The second kappa shape index (κ2) is 11.6. The lowest BCUT2D eigenvalue weighted by Crippen LogP contribution is -2.32. The van der Waals surface area contributed by atoms with E-state index in [0.29, 0.717) is 30.1 Å². The van der Waals surface area contributed by atoms with E-state index in [-0.39, 0.29) is 18.4 Å². The van der Waals surface area contributed by atoms with E-state index in [9.17, 15) is 9.59 Å². The summed E-state index contributed by atoms with van der Waals surface area (Å²) < 4.78 is 6.85. The molecule has 0 saturated heterocycles. The zero-order valence-electron chi connectivity index (χ0n) is 19.1. The second-order valence-electron chi connectivity index (χ2n) is 8.33. The molecule has 3 rings (SSSR count). The van der Waals surface area contributed by atoms with Crippen LogP contribution in [-0.4, -0.2) is 33.5 Å². The van der Waals surface area contributed by atoms with Gasteiger partial charge in [0, 0.05) is 23.3 Å². The molecule has 2 aromatic carbocycles. The minimum atomic E-state index is -0.821. The molecule has 1 amide bonds. The molecule has 0 spiro atoms. The van der Waals surface area contributed by atoms with E-state index in [4.69, 9.17) is 16.3 Å². The molecule has 3 aromatic rings. The van der Waals surface area contributed by atoms with Crippen LogP contribution >= 0.6 is 11.6 Å². The highest BCUT2D eigenvalue weighted by atomic mass is 35.5. The molecule has 0 bridgehead atoms. The Bertz CT molecular complexity index is 1060. The Morgan fingerprint density at radius 1 is 1.06 bits per heavy atom. The van der Waals surface area contributed by atoms with E-state index >= 15 is 0 Å². The van der Waals surface area contributed by atoms with Crippen LogP contribution in [-0.2, 0) is 27.3 Å². The third-order valence-corrected chi connectivity index (χ3v) is 5.30. The minimum absolute atomic E-state index is 0.194. The van der Waals surface area contributed by atoms with Crippen molar-refractivity contribution in [2.75, 3.05) is 11.9 Å². The standard InChI is InChI=1S/C25H29ClN4O3/c1-4-33-25(32)23(13-17(2)3)24(31)27-21-11-7-19(8-12-21)15-30-16-22(28-29-30)14-18-5-9-20(26)10-6-18/h5-12,16-17,23H,4,13-15H2,1-3H3,(H,27,31). The Labute approximate surface area is 199 Å². The minimum Gasteiger partial charge on any atom is -0.465 e. The molecule has 1 N–H and O–H groups in total. The van der Waals surface area contributed by atoms with Crippen molar-refractivity contribution in [2.45, 2.75) is 40.2 Å². The van der Waals surface area contributed by atoms with E-state index in [0.717, 1.165) is 16.8 Å². The van der Waals surface area contributed by atoms with Crippen LogP contribution in [0.25, 0.3) is 0 Å². The van der Waals surface area contributed by atoms with Crippen LogP contribution in [0.5, 0.6) is 0 Å². The van der Waals surface area contributed by atoms with Gasteiger partial charge in [-0.05, 0) is 54.7 Å². The Balaban J connectivity index is 1.58. The molecule has 1 heterocycles. The Hall–Kier alpha value is -3.19. The molecule has 0 radical (unpaired) electrons. The molecular weight excluding hydrogens is 440 g/mol. The first-order valence-electron chi connectivity index (χ1n) is 11.0. The molecule has 174 valence electrons. The van der Waals surface area contributed by atoms with Crippen LogP contribution in [0.15, 0.2) is 54.7 Å². The van der Waals surface area contributed by atoms with Gasteiger partial charge in [0.15, 0.2) is 0 Å². The average Bonchev–Trinajstić information content (AvgIpc) is 3.21. The van der Waals surface area contributed by atoms with Gasteiger partial charge in [-0.1, -0.05) is 54.9 Å². The first-order valence-corrected chi connectivity index (χ1v) is 11.4. The molecule has 0 aliphatic heterocycles. The average molecular weight is 469 g/mol. The van der Waals surface area contributed by atoms with Gasteiger partial charge in [-0.3, -0.25) is 9.59 Å². The van der Waals surface area contributed by atoms with Gasteiger partial charge in [-0.15, -0.1) is 5.10 Å². The SMILES string of the molecule is CCOC(=O)C(CC(C)C)C(=O)Nc1ccc(Cn2cc(Cc3ccc(Cl)cc3)nn2)cc1. The van der Waals surface area contributed by atoms with Gasteiger partial charge in [0.1, 0.15) is 5.92 Å². The number of rotatable bonds is 10. The summed E-state index contributed by atoms with van der Waals surface area (Å²) in [4.78, 5) is 24.9. The number of carbonyl (C=O) groups excluding carboxylic acids is 2. The predicted molar refractivity (Wildman–Crippen MR) is 128 cm³/mol.